The van der Waals surface area contributed by atoms with Crippen molar-refractivity contribution in [3.05, 3.63) is 182 Å². The smallest absolute Gasteiger partial charge is 0.0541 e. The van der Waals surface area contributed by atoms with Gasteiger partial charge in [-0.3, -0.25) is 0 Å². The minimum Gasteiger partial charge on any atom is -0.310 e. The van der Waals surface area contributed by atoms with E-state index in [0.29, 0.717) is 0 Å². The van der Waals surface area contributed by atoms with Crippen LogP contribution in [0.5, 0.6) is 0 Å². The van der Waals surface area contributed by atoms with Gasteiger partial charge in [0.1, 0.15) is 0 Å². The number of para-hydroxylation sites is 2. The van der Waals surface area contributed by atoms with Crippen molar-refractivity contribution in [1.29, 1.82) is 0 Å². The van der Waals surface area contributed by atoms with E-state index in [-0.39, 0.29) is 0 Å². The lowest BCUT2D eigenvalue weighted by atomic mass is 10.0. The van der Waals surface area contributed by atoms with E-state index in [9.17, 15) is 0 Å². The Hall–Kier alpha value is -6.20. The van der Waals surface area contributed by atoms with Crippen molar-refractivity contribution in [3.63, 3.8) is 0 Å². The average molecular weight is 699 g/mol. The fourth-order valence-corrected chi connectivity index (χ4v) is 10.3. The predicted molar refractivity (Wildman–Crippen MR) is 227 cm³/mol. The summed E-state index contributed by atoms with van der Waals surface area (Å²) in [6.45, 7) is 0. The van der Waals surface area contributed by atoms with Crippen molar-refractivity contribution in [1.82, 2.24) is 4.57 Å². The molecule has 0 unspecified atom stereocenters. The van der Waals surface area contributed by atoms with Crippen molar-refractivity contribution >= 4 is 102 Å². The second-order valence-electron chi connectivity index (χ2n) is 13.4. The Morgan fingerprint density at radius 1 is 0.327 bits per heavy atom. The summed E-state index contributed by atoms with van der Waals surface area (Å²) in [5.74, 6) is 0. The first-order chi connectivity index (χ1) is 25.8. The quantitative estimate of drug-likeness (QED) is 0.174. The summed E-state index contributed by atoms with van der Waals surface area (Å²) >= 11 is 3.73. The van der Waals surface area contributed by atoms with E-state index in [2.05, 4.69) is 191 Å². The monoisotopic (exact) mass is 698 g/mol. The molecule has 0 radical (unpaired) electrons. The first-order valence-corrected chi connectivity index (χ1v) is 19.2. The molecule has 0 spiro atoms. The highest BCUT2D eigenvalue weighted by Crippen LogP contribution is 2.43. The molecular weight excluding hydrogens is 669 g/mol. The minimum absolute atomic E-state index is 1.13. The van der Waals surface area contributed by atoms with Gasteiger partial charge < -0.3 is 9.47 Å². The Labute approximate surface area is 308 Å². The third kappa shape index (κ3) is 4.62. The molecule has 0 aliphatic carbocycles. The lowest BCUT2D eigenvalue weighted by molar-refractivity contribution is 1.18. The largest absolute Gasteiger partial charge is 0.310 e. The normalized spacial score (nSPS) is 11.8. The summed E-state index contributed by atoms with van der Waals surface area (Å²) in [6, 6.07) is 66.7. The van der Waals surface area contributed by atoms with Crippen LogP contribution in [0.1, 0.15) is 0 Å². The molecule has 0 aliphatic heterocycles. The number of rotatable bonds is 5. The lowest BCUT2D eigenvalue weighted by Crippen LogP contribution is -2.09. The van der Waals surface area contributed by atoms with Gasteiger partial charge in [0.2, 0.25) is 0 Å². The SMILES string of the molecule is c1cc(-c2ccc(N(c3ccc4c(c3)sc3ccccc34)c3ccc4c(c3)sc3ccccc34)cc2)cc(-n2c3ccccc3c3ccccc32)c1. The molecule has 8 aromatic carbocycles. The van der Waals surface area contributed by atoms with E-state index < -0.39 is 0 Å². The number of thiophene rings is 2. The molecule has 3 heterocycles. The molecule has 0 bridgehead atoms. The van der Waals surface area contributed by atoms with Gasteiger partial charge in [-0.15, -0.1) is 22.7 Å². The second-order valence-corrected chi connectivity index (χ2v) is 15.5. The zero-order chi connectivity index (χ0) is 34.2. The van der Waals surface area contributed by atoms with Crippen molar-refractivity contribution in [2.75, 3.05) is 4.90 Å². The second kappa shape index (κ2) is 11.7. The highest BCUT2D eigenvalue weighted by atomic mass is 32.1. The maximum atomic E-state index is 2.41. The summed E-state index contributed by atoms with van der Waals surface area (Å²) in [5.41, 5.74) is 9.41. The Morgan fingerprint density at radius 3 is 1.38 bits per heavy atom. The van der Waals surface area contributed by atoms with Gasteiger partial charge in [-0.1, -0.05) is 109 Å². The van der Waals surface area contributed by atoms with E-state index in [0.717, 1.165) is 22.7 Å². The summed E-state index contributed by atoms with van der Waals surface area (Å²) in [7, 11) is 0. The number of fused-ring (bicyclic) bond motifs is 9. The molecule has 0 saturated carbocycles. The van der Waals surface area contributed by atoms with Crippen LogP contribution in [-0.4, -0.2) is 4.57 Å². The van der Waals surface area contributed by atoms with Crippen LogP contribution in [-0.2, 0) is 0 Å². The maximum Gasteiger partial charge on any atom is 0.0541 e. The minimum atomic E-state index is 1.13. The molecular formula is C48H30N2S2. The highest BCUT2D eigenvalue weighted by Gasteiger charge is 2.17. The van der Waals surface area contributed by atoms with Gasteiger partial charge in [0.05, 0.1) is 11.0 Å². The predicted octanol–water partition coefficient (Wildman–Crippen LogP) is 14.7. The molecule has 0 saturated heterocycles. The van der Waals surface area contributed by atoms with Gasteiger partial charge in [0, 0.05) is 73.9 Å². The van der Waals surface area contributed by atoms with Gasteiger partial charge >= 0.3 is 0 Å². The average Bonchev–Trinajstić information content (AvgIpc) is 3.87. The summed E-state index contributed by atoms with van der Waals surface area (Å²) in [6.07, 6.45) is 0. The van der Waals surface area contributed by atoms with Crippen molar-refractivity contribution in [2.24, 2.45) is 0 Å². The number of hydrogen-bond donors (Lipinski definition) is 0. The Balaban J connectivity index is 1.03. The highest BCUT2D eigenvalue weighted by molar-refractivity contribution is 7.26. The van der Waals surface area contributed by atoms with E-state index >= 15 is 0 Å². The van der Waals surface area contributed by atoms with E-state index in [1.54, 1.807) is 0 Å². The summed E-state index contributed by atoms with van der Waals surface area (Å²) in [4.78, 5) is 2.41. The molecule has 11 rings (SSSR count). The van der Waals surface area contributed by atoms with Crippen LogP contribution in [0, 0.1) is 0 Å². The Kier molecular flexibility index (Phi) is 6.63. The molecule has 11 aromatic rings. The van der Waals surface area contributed by atoms with Gasteiger partial charge in [0.25, 0.3) is 0 Å². The zero-order valence-corrected chi connectivity index (χ0v) is 29.7. The van der Waals surface area contributed by atoms with Crippen LogP contribution in [0.2, 0.25) is 0 Å². The molecule has 52 heavy (non-hydrogen) atoms. The Morgan fingerprint density at radius 2 is 0.808 bits per heavy atom. The van der Waals surface area contributed by atoms with Crippen LogP contribution in [0.3, 0.4) is 0 Å². The van der Waals surface area contributed by atoms with Crippen molar-refractivity contribution in [3.8, 4) is 16.8 Å². The lowest BCUT2D eigenvalue weighted by Gasteiger charge is -2.26. The summed E-state index contributed by atoms with van der Waals surface area (Å²) < 4.78 is 7.62. The third-order valence-corrected chi connectivity index (χ3v) is 12.7. The number of aromatic nitrogens is 1. The number of nitrogens with zero attached hydrogens (tertiary/aromatic N) is 2. The zero-order valence-electron chi connectivity index (χ0n) is 28.0. The molecule has 244 valence electrons. The fourth-order valence-electron chi connectivity index (χ4n) is 7.98. The summed E-state index contributed by atoms with van der Waals surface area (Å²) in [5, 5.41) is 7.80. The molecule has 0 aliphatic rings. The number of benzene rings is 8. The van der Waals surface area contributed by atoms with Crippen LogP contribution in [0.25, 0.3) is 79.0 Å². The van der Waals surface area contributed by atoms with Crippen LogP contribution >= 0.6 is 22.7 Å². The maximum absolute atomic E-state index is 2.41. The van der Waals surface area contributed by atoms with E-state index in [1.165, 1.54) is 73.3 Å². The number of hydrogen-bond acceptors (Lipinski definition) is 3. The van der Waals surface area contributed by atoms with Crippen LogP contribution < -0.4 is 4.90 Å². The first kappa shape index (κ1) is 29.5. The van der Waals surface area contributed by atoms with Gasteiger partial charge in [-0.2, -0.15) is 0 Å². The molecule has 0 amide bonds. The Bertz CT molecular complexity index is 2980. The van der Waals surface area contributed by atoms with Gasteiger partial charge in [0.15, 0.2) is 0 Å². The topological polar surface area (TPSA) is 8.17 Å². The van der Waals surface area contributed by atoms with Gasteiger partial charge in [-0.25, -0.2) is 0 Å². The number of anilines is 3. The molecule has 2 nitrogen and oxygen atoms in total. The first-order valence-electron chi connectivity index (χ1n) is 17.6. The molecule has 3 aromatic heterocycles. The third-order valence-electron chi connectivity index (χ3n) is 10.4. The van der Waals surface area contributed by atoms with Crippen LogP contribution in [0.15, 0.2) is 182 Å². The van der Waals surface area contributed by atoms with Crippen molar-refractivity contribution in [2.45, 2.75) is 0 Å². The van der Waals surface area contributed by atoms with Gasteiger partial charge in [-0.05, 0) is 83.9 Å². The molecule has 4 heteroatoms. The molecule has 0 atom stereocenters. The van der Waals surface area contributed by atoms with E-state index in [4.69, 9.17) is 0 Å². The van der Waals surface area contributed by atoms with Crippen LogP contribution in [0.4, 0.5) is 17.1 Å². The molecule has 0 fully saturated rings. The van der Waals surface area contributed by atoms with E-state index in [1.807, 2.05) is 22.7 Å². The standard InChI is InChI=1S/C48H30N2S2/c1-5-16-43-37(12-1)38-13-2-6-17-44(38)50(43)34-11-9-10-32(28-34)31-20-22-33(23-21-31)49(35-24-26-41-39-14-3-7-18-45(39)51-47(41)29-35)36-25-27-42-40-15-4-8-19-46(40)52-48(42)30-36/h1-30H. The fraction of sp³-hybridized carbons (Fsp3) is 0. The molecule has 0 N–H and O–H groups in total. The van der Waals surface area contributed by atoms with Crippen molar-refractivity contribution < 1.29 is 0 Å².